The third kappa shape index (κ3) is 7.89. The van der Waals surface area contributed by atoms with E-state index >= 15 is 0 Å². The Balaban J connectivity index is 0.000000541. The zero-order valence-corrected chi connectivity index (χ0v) is 23.0. The zero-order valence-electron chi connectivity index (χ0n) is 22.2. The second-order valence-electron chi connectivity index (χ2n) is 9.51. The van der Waals surface area contributed by atoms with Crippen molar-refractivity contribution in [1.82, 2.24) is 14.7 Å². The SMILES string of the molecule is C#CCCC1(CCNC(=O)CCc2cccc3c2sc2nc(-c4ccc(C(F)(F)F)cc4)cn23)N=N1.O=C(O)C(F)(F)F. The van der Waals surface area contributed by atoms with Gasteiger partial charge in [0.15, 0.2) is 10.6 Å². The molecule has 1 aliphatic heterocycles. The van der Waals surface area contributed by atoms with Crippen LogP contribution in [0.25, 0.3) is 26.4 Å². The Labute approximate surface area is 244 Å². The lowest BCUT2D eigenvalue weighted by Gasteiger charge is -2.10. The van der Waals surface area contributed by atoms with E-state index in [0.29, 0.717) is 49.9 Å². The Morgan fingerprint density at radius 2 is 1.72 bits per heavy atom. The van der Waals surface area contributed by atoms with Gasteiger partial charge in [-0.25, -0.2) is 9.78 Å². The number of aromatic nitrogens is 2. The number of nitrogens with zero attached hydrogens (tertiary/aromatic N) is 4. The Kier molecular flexibility index (Phi) is 9.09. The van der Waals surface area contributed by atoms with Crippen LogP contribution in [0.15, 0.2) is 58.9 Å². The van der Waals surface area contributed by atoms with Crippen molar-refractivity contribution in [3.8, 4) is 23.6 Å². The molecule has 2 aromatic carbocycles. The standard InChI is InChI=1S/C26H22F3N5OS.C2HF3O2/c1-2-3-13-25(32-33-25)14-15-30-22(35)12-9-18-5-4-6-21-23(18)36-24-31-20(16-34(21)24)17-7-10-19(11-8-17)26(27,28)29;3-2(4,5)1(6)7/h1,4-8,10-11,16H,3,9,12-15H2,(H,30,35);(H,6,7). The predicted molar refractivity (Wildman–Crippen MR) is 146 cm³/mol. The summed E-state index contributed by atoms with van der Waals surface area (Å²) in [6.07, 6.45) is 0.581. The number of hydrogen-bond donors (Lipinski definition) is 2. The third-order valence-corrected chi connectivity index (χ3v) is 7.62. The quantitative estimate of drug-likeness (QED) is 0.157. The van der Waals surface area contributed by atoms with Gasteiger partial charge in [-0.1, -0.05) is 35.6 Å². The van der Waals surface area contributed by atoms with E-state index in [2.05, 4.69) is 26.4 Å². The summed E-state index contributed by atoms with van der Waals surface area (Å²) in [5, 5.41) is 18.2. The van der Waals surface area contributed by atoms with E-state index in [-0.39, 0.29) is 5.91 Å². The van der Waals surface area contributed by atoms with Crippen LogP contribution in [-0.2, 0) is 22.2 Å². The van der Waals surface area contributed by atoms with Crippen molar-refractivity contribution in [3.63, 3.8) is 0 Å². The van der Waals surface area contributed by atoms with Gasteiger partial charge in [0.1, 0.15) is 0 Å². The first-order valence-corrected chi connectivity index (χ1v) is 13.6. The van der Waals surface area contributed by atoms with Crippen LogP contribution in [-0.4, -0.2) is 44.8 Å². The van der Waals surface area contributed by atoms with E-state index in [1.165, 1.54) is 23.5 Å². The normalized spacial score (nSPS) is 13.8. The first-order valence-electron chi connectivity index (χ1n) is 12.7. The van der Waals surface area contributed by atoms with Crippen LogP contribution in [0.3, 0.4) is 0 Å². The number of halogens is 6. The minimum absolute atomic E-state index is 0.0364. The summed E-state index contributed by atoms with van der Waals surface area (Å²) >= 11 is 1.50. The Hall–Kier alpha value is -4.45. The van der Waals surface area contributed by atoms with Crippen molar-refractivity contribution in [2.75, 3.05) is 6.54 Å². The minimum atomic E-state index is -5.08. The fourth-order valence-corrected chi connectivity index (χ4v) is 5.30. The molecule has 0 fully saturated rings. The van der Waals surface area contributed by atoms with E-state index in [9.17, 15) is 31.1 Å². The number of benzene rings is 2. The summed E-state index contributed by atoms with van der Waals surface area (Å²) in [6, 6.07) is 10.9. The maximum absolute atomic E-state index is 12.9. The van der Waals surface area contributed by atoms with Crippen molar-refractivity contribution in [1.29, 1.82) is 0 Å². The van der Waals surface area contributed by atoms with Gasteiger partial charge in [0.05, 0.1) is 21.5 Å². The van der Waals surface area contributed by atoms with Crippen molar-refractivity contribution in [2.24, 2.45) is 10.2 Å². The molecular weight excluding hydrogens is 600 g/mol. The molecule has 3 heterocycles. The van der Waals surface area contributed by atoms with E-state index in [1.54, 1.807) is 0 Å². The van der Waals surface area contributed by atoms with E-state index in [0.717, 1.165) is 32.9 Å². The third-order valence-electron chi connectivity index (χ3n) is 6.47. The first kappa shape index (κ1) is 31.5. The number of rotatable bonds is 9. The van der Waals surface area contributed by atoms with Crippen molar-refractivity contribution >= 4 is 38.4 Å². The number of aliphatic carboxylic acids is 1. The van der Waals surface area contributed by atoms with Crippen LogP contribution < -0.4 is 5.32 Å². The number of amides is 1. The highest BCUT2D eigenvalue weighted by molar-refractivity contribution is 7.23. The van der Waals surface area contributed by atoms with Crippen LogP contribution in [0.5, 0.6) is 0 Å². The summed E-state index contributed by atoms with van der Waals surface area (Å²) in [5.41, 5.74) is 2.13. The lowest BCUT2D eigenvalue weighted by molar-refractivity contribution is -0.192. The summed E-state index contributed by atoms with van der Waals surface area (Å²) in [4.78, 5) is 26.7. The molecule has 0 unspecified atom stereocenters. The number of terminal acetylenes is 1. The zero-order chi connectivity index (χ0) is 31.4. The van der Waals surface area contributed by atoms with Crippen molar-refractivity contribution in [3.05, 3.63) is 59.8 Å². The monoisotopic (exact) mass is 623 g/mol. The Morgan fingerprint density at radius 3 is 2.30 bits per heavy atom. The van der Waals surface area contributed by atoms with Gasteiger partial charge < -0.3 is 10.4 Å². The lowest BCUT2D eigenvalue weighted by atomic mass is 10.0. The number of imidazole rings is 1. The number of nitrogens with one attached hydrogen (secondary N) is 1. The van der Waals surface area contributed by atoms with Gasteiger partial charge >= 0.3 is 18.3 Å². The second-order valence-corrected chi connectivity index (χ2v) is 10.5. The predicted octanol–water partition coefficient (Wildman–Crippen LogP) is 6.88. The number of carbonyl (C=O) groups is 2. The van der Waals surface area contributed by atoms with E-state index in [1.807, 2.05) is 28.8 Å². The summed E-state index contributed by atoms with van der Waals surface area (Å²) in [7, 11) is 0. The fraction of sp³-hybridized carbons (Fsp3) is 0.321. The smallest absolute Gasteiger partial charge is 0.475 e. The van der Waals surface area contributed by atoms with Gasteiger partial charge in [0.2, 0.25) is 5.91 Å². The number of aryl methyl sites for hydroxylation is 1. The number of alkyl halides is 6. The molecule has 0 spiro atoms. The fourth-order valence-electron chi connectivity index (χ4n) is 4.15. The average Bonchev–Trinajstić information content (AvgIpc) is 3.44. The molecule has 2 N–H and O–H groups in total. The number of fused-ring (bicyclic) bond motifs is 3. The molecule has 226 valence electrons. The molecule has 5 rings (SSSR count). The molecule has 8 nitrogen and oxygen atoms in total. The van der Waals surface area contributed by atoms with Gasteiger partial charge in [0, 0.05) is 44.0 Å². The van der Waals surface area contributed by atoms with Gasteiger partial charge in [-0.2, -0.15) is 36.6 Å². The van der Waals surface area contributed by atoms with Crippen molar-refractivity contribution < 1.29 is 41.0 Å². The van der Waals surface area contributed by atoms with Crippen molar-refractivity contribution in [2.45, 2.75) is 50.1 Å². The summed E-state index contributed by atoms with van der Waals surface area (Å²) in [6.45, 7) is 0.500. The molecule has 0 bridgehead atoms. The maximum Gasteiger partial charge on any atom is 0.490 e. The molecule has 1 amide bonds. The van der Waals surface area contributed by atoms with Crippen LogP contribution >= 0.6 is 11.3 Å². The van der Waals surface area contributed by atoms with Crippen LogP contribution in [0.2, 0.25) is 0 Å². The maximum atomic E-state index is 12.9. The topological polar surface area (TPSA) is 108 Å². The highest BCUT2D eigenvalue weighted by Gasteiger charge is 2.39. The molecule has 2 aromatic heterocycles. The molecule has 4 aromatic rings. The Bertz CT molecular complexity index is 1690. The summed E-state index contributed by atoms with van der Waals surface area (Å²) < 4.78 is 73.3. The molecule has 0 saturated heterocycles. The average molecular weight is 624 g/mol. The van der Waals surface area contributed by atoms with Gasteiger partial charge in [-0.15, -0.1) is 12.3 Å². The highest BCUT2D eigenvalue weighted by atomic mass is 32.1. The Morgan fingerprint density at radius 1 is 1.05 bits per heavy atom. The van der Waals surface area contributed by atoms with Crippen LogP contribution in [0, 0.1) is 12.3 Å². The second kappa shape index (κ2) is 12.4. The van der Waals surface area contributed by atoms with Gasteiger partial charge in [0.25, 0.3) is 0 Å². The molecule has 1 aliphatic rings. The number of carboxylic acid groups (broad SMARTS) is 1. The molecule has 0 saturated carbocycles. The minimum Gasteiger partial charge on any atom is -0.475 e. The molecule has 0 atom stereocenters. The van der Waals surface area contributed by atoms with E-state index in [4.69, 9.17) is 16.3 Å². The molecular formula is C28H23F6N5O3S. The highest BCUT2D eigenvalue weighted by Crippen LogP contribution is 2.36. The first-order chi connectivity index (χ1) is 20.2. The molecule has 0 radical (unpaired) electrons. The number of thiazole rings is 1. The molecule has 0 aliphatic carbocycles. The number of carbonyl (C=O) groups excluding carboxylic acids is 1. The van der Waals surface area contributed by atoms with E-state index < -0.39 is 29.5 Å². The largest absolute Gasteiger partial charge is 0.490 e. The van der Waals surface area contributed by atoms with Crippen LogP contribution in [0.4, 0.5) is 26.3 Å². The molecule has 15 heteroatoms. The lowest BCUT2D eigenvalue weighted by Crippen LogP contribution is -2.28. The van der Waals surface area contributed by atoms with Crippen LogP contribution in [0.1, 0.15) is 36.8 Å². The van der Waals surface area contributed by atoms with Gasteiger partial charge in [-0.3, -0.25) is 9.20 Å². The summed E-state index contributed by atoms with van der Waals surface area (Å²) in [5.74, 6) is -0.201. The number of carboxylic acids is 1. The van der Waals surface area contributed by atoms with Gasteiger partial charge in [-0.05, 0) is 30.2 Å². The number of hydrogen-bond acceptors (Lipinski definition) is 6. The molecule has 43 heavy (non-hydrogen) atoms.